The number of nitrogens with zero attached hydrogens (tertiary/aromatic N) is 2. The number of benzene rings is 1. The van der Waals surface area contributed by atoms with Gasteiger partial charge in [-0.3, -0.25) is 10.1 Å². The van der Waals surface area contributed by atoms with E-state index in [9.17, 15) is 14.4 Å². The monoisotopic (exact) mass is 462 g/mol. The predicted molar refractivity (Wildman–Crippen MR) is 119 cm³/mol. The number of carbonyl (C=O) groups is 3. The lowest BCUT2D eigenvalue weighted by Crippen LogP contribution is -2.40. The molecule has 1 aromatic carbocycles. The van der Waals surface area contributed by atoms with Gasteiger partial charge in [0.25, 0.3) is 5.91 Å². The molecule has 0 saturated heterocycles. The van der Waals surface area contributed by atoms with E-state index in [1.807, 2.05) is 0 Å². The molecule has 0 aliphatic rings. The van der Waals surface area contributed by atoms with Crippen LogP contribution in [0.2, 0.25) is 0 Å². The first kappa shape index (κ1) is 24.8. The number of oxime groups is 1. The summed E-state index contributed by atoms with van der Waals surface area (Å²) >= 11 is 1.08. The first-order chi connectivity index (χ1) is 15.1. The van der Waals surface area contributed by atoms with Crippen LogP contribution in [0.5, 0.6) is 0 Å². The van der Waals surface area contributed by atoms with Crippen LogP contribution in [-0.4, -0.2) is 48.0 Å². The quantitative estimate of drug-likeness (QED) is 0.350. The van der Waals surface area contributed by atoms with Crippen LogP contribution < -0.4 is 10.6 Å². The Morgan fingerprint density at radius 2 is 1.88 bits per heavy atom. The van der Waals surface area contributed by atoms with E-state index < -0.39 is 29.6 Å². The minimum Gasteiger partial charge on any atom is -0.461 e. The second-order valence-electron chi connectivity index (χ2n) is 7.36. The van der Waals surface area contributed by atoms with Gasteiger partial charge >= 0.3 is 12.1 Å². The minimum atomic E-state index is -1.03. The van der Waals surface area contributed by atoms with Crippen LogP contribution >= 0.6 is 11.3 Å². The Morgan fingerprint density at radius 3 is 2.47 bits per heavy atom. The molecule has 2 amide bonds. The van der Waals surface area contributed by atoms with Gasteiger partial charge in [-0.15, -0.1) is 11.3 Å². The van der Waals surface area contributed by atoms with Crippen LogP contribution in [0.1, 0.15) is 45.0 Å². The van der Waals surface area contributed by atoms with Gasteiger partial charge in [-0.25, -0.2) is 14.6 Å². The fourth-order valence-electron chi connectivity index (χ4n) is 2.47. The number of carbonyl (C=O) groups excluding carboxylic acids is 3. The molecule has 1 aromatic heterocycles. The van der Waals surface area contributed by atoms with Crippen LogP contribution in [-0.2, 0) is 23.9 Å². The maximum atomic E-state index is 13.0. The average molecular weight is 463 g/mol. The number of alkyl carbamates (subject to hydrolysis) is 1. The number of anilines is 1. The van der Waals surface area contributed by atoms with Crippen LogP contribution in [0.4, 0.5) is 9.93 Å². The minimum absolute atomic E-state index is 0.127. The number of hydrogen-bond acceptors (Lipinski definition) is 9. The summed E-state index contributed by atoms with van der Waals surface area (Å²) in [7, 11) is 1.29. The van der Waals surface area contributed by atoms with Crippen molar-refractivity contribution >= 4 is 40.1 Å². The summed E-state index contributed by atoms with van der Waals surface area (Å²) in [6.45, 7) is 7.00. The molecule has 11 heteroatoms. The van der Waals surface area contributed by atoms with Crippen molar-refractivity contribution in [2.24, 2.45) is 5.16 Å². The molecule has 0 bridgehead atoms. The third-order valence-electron chi connectivity index (χ3n) is 3.68. The van der Waals surface area contributed by atoms with Crippen molar-refractivity contribution in [3.8, 4) is 0 Å². The fraction of sp³-hybridized carbons (Fsp3) is 0.381. The topological polar surface area (TPSA) is 128 Å². The third-order valence-corrected chi connectivity index (χ3v) is 4.44. The summed E-state index contributed by atoms with van der Waals surface area (Å²) in [6.07, 6.45) is -0.738. The van der Waals surface area contributed by atoms with E-state index in [0.29, 0.717) is 5.56 Å². The molecular weight excluding hydrogens is 436 g/mol. The van der Waals surface area contributed by atoms with Crippen molar-refractivity contribution in [2.45, 2.75) is 39.3 Å². The maximum absolute atomic E-state index is 13.0. The van der Waals surface area contributed by atoms with E-state index in [0.717, 1.165) is 11.3 Å². The summed E-state index contributed by atoms with van der Waals surface area (Å²) in [4.78, 5) is 46.3. The number of nitrogens with one attached hydrogen (secondary N) is 2. The second kappa shape index (κ2) is 11.2. The Bertz CT molecular complexity index is 968. The Kier molecular flexibility index (Phi) is 8.71. The average Bonchev–Trinajstić information content (AvgIpc) is 3.17. The largest absolute Gasteiger partial charge is 0.461 e. The molecule has 32 heavy (non-hydrogen) atoms. The highest BCUT2D eigenvalue weighted by molar-refractivity contribution is 7.14. The van der Waals surface area contributed by atoms with Crippen molar-refractivity contribution in [3.63, 3.8) is 0 Å². The van der Waals surface area contributed by atoms with Gasteiger partial charge in [0.1, 0.15) is 24.4 Å². The lowest BCUT2D eigenvalue weighted by Gasteiger charge is -2.23. The zero-order valence-corrected chi connectivity index (χ0v) is 19.3. The summed E-state index contributed by atoms with van der Waals surface area (Å²) < 4.78 is 10.2. The smallest absolute Gasteiger partial charge is 0.408 e. The summed E-state index contributed by atoms with van der Waals surface area (Å²) in [5, 5.41) is 10.6. The molecule has 2 N–H and O–H groups in total. The van der Waals surface area contributed by atoms with Gasteiger partial charge < -0.3 is 19.6 Å². The van der Waals surface area contributed by atoms with E-state index in [4.69, 9.17) is 14.3 Å². The number of hydrogen-bond donors (Lipinski definition) is 2. The Morgan fingerprint density at radius 1 is 1.19 bits per heavy atom. The highest BCUT2D eigenvalue weighted by atomic mass is 32.1. The van der Waals surface area contributed by atoms with Crippen LogP contribution in [0.25, 0.3) is 0 Å². The normalized spacial score (nSPS) is 12.5. The molecule has 2 aromatic rings. The summed E-state index contributed by atoms with van der Waals surface area (Å²) in [6, 6.07) is 7.68. The summed E-state index contributed by atoms with van der Waals surface area (Å²) in [5.74, 6) is -1.24. The number of rotatable bonds is 8. The first-order valence-corrected chi connectivity index (χ1v) is 10.6. The molecule has 172 valence electrons. The van der Waals surface area contributed by atoms with Crippen molar-refractivity contribution < 1.29 is 28.7 Å². The van der Waals surface area contributed by atoms with Crippen molar-refractivity contribution in [1.82, 2.24) is 10.3 Å². The SMILES string of the molecule is CCOC(=O)C(=NOC)c1csc(NC(=O)[C@@H](NC(=O)OC(C)(C)C)c2ccccc2)n1. The van der Waals surface area contributed by atoms with E-state index >= 15 is 0 Å². The number of amides is 2. The molecule has 1 atom stereocenters. The van der Waals surface area contributed by atoms with Gasteiger partial charge in [0.2, 0.25) is 5.71 Å². The lowest BCUT2D eigenvalue weighted by atomic mass is 10.1. The first-order valence-electron chi connectivity index (χ1n) is 9.74. The van der Waals surface area contributed by atoms with Gasteiger partial charge in [0.15, 0.2) is 5.13 Å². The highest BCUT2D eigenvalue weighted by Crippen LogP contribution is 2.21. The molecule has 0 spiro atoms. The maximum Gasteiger partial charge on any atom is 0.408 e. The number of aromatic nitrogens is 1. The lowest BCUT2D eigenvalue weighted by molar-refractivity contribution is -0.135. The molecule has 0 saturated carbocycles. The van der Waals surface area contributed by atoms with Crippen LogP contribution in [0.15, 0.2) is 40.9 Å². The van der Waals surface area contributed by atoms with E-state index in [-0.39, 0.29) is 23.1 Å². The Labute approximate surface area is 190 Å². The van der Waals surface area contributed by atoms with Gasteiger partial charge in [-0.05, 0) is 33.3 Å². The second-order valence-corrected chi connectivity index (χ2v) is 8.22. The Balaban J connectivity index is 2.22. The summed E-state index contributed by atoms with van der Waals surface area (Å²) in [5.41, 5.74) is -0.115. The molecule has 1 heterocycles. The number of ether oxygens (including phenoxy) is 2. The van der Waals surface area contributed by atoms with E-state index in [1.54, 1.807) is 58.0 Å². The van der Waals surface area contributed by atoms with Crippen LogP contribution in [0.3, 0.4) is 0 Å². The molecule has 0 fully saturated rings. The standard InChI is InChI=1S/C21H26N4O6S/c1-6-30-18(27)16(25-29-5)14-12-32-19(22-14)24-17(26)15(13-10-8-7-9-11-13)23-20(28)31-21(2,3)4/h7-12,15H,6H2,1-5H3,(H,23,28)(H,22,24,26)/t15-/m0/s1. The zero-order valence-electron chi connectivity index (χ0n) is 18.5. The molecule has 0 aliphatic carbocycles. The molecule has 10 nitrogen and oxygen atoms in total. The molecular formula is C21H26N4O6S. The van der Waals surface area contributed by atoms with Crippen molar-refractivity contribution in [1.29, 1.82) is 0 Å². The van der Waals surface area contributed by atoms with Gasteiger partial charge in [-0.1, -0.05) is 35.5 Å². The zero-order chi connectivity index (χ0) is 23.7. The fourth-order valence-corrected chi connectivity index (χ4v) is 3.17. The van der Waals surface area contributed by atoms with E-state index in [1.165, 1.54) is 12.5 Å². The van der Waals surface area contributed by atoms with Gasteiger partial charge in [0, 0.05) is 5.38 Å². The highest BCUT2D eigenvalue weighted by Gasteiger charge is 2.27. The molecule has 0 unspecified atom stereocenters. The molecule has 0 aliphatic heterocycles. The van der Waals surface area contributed by atoms with E-state index in [2.05, 4.69) is 20.8 Å². The molecule has 0 radical (unpaired) electrons. The van der Waals surface area contributed by atoms with Crippen molar-refractivity contribution in [2.75, 3.05) is 19.0 Å². The third kappa shape index (κ3) is 7.34. The molecule has 2 rings (SSSR count). The number of thiazole rings is 1. The number of esters is 1. The van der Waals surface area contributed by atoms with Gasteiger partial charge in [0.05, 0.1) is 6.61 Å². The Hall–Kier alpha value is -3.47. The van der Waals surface area contributed by atoms with Gasteiger partial charge in [-0.2, -0.15) is 0 Å². The predicted octanol–water partition coefficient (Wildman–Crippen LogP) is 3.26. The van der Waals surface area contributed by atoms with Crippen LogP contribution in [0, 0.1) is 0 Å². The van der Waals surface area contributed by atoms with Crippen molar-refractivity contribution in [3.05, 3.63) is 47.0 Å².